The van der Waals surface area contributed by atoms with Gasteiger partial charge in [-0.25, -0.2) is 0 Å². The van der Waals surface area contributed by atoms with E-state index in [2.05, 4.69) is 74.2 Å². The molecule has 0 radical (unpaired) electrons. The minimum absolute atomic E-state index is 1.02. The molecule has 1 nitrogen and oxygen atoms in total. The van der Waals surface area contributed by atoms with Gasteiger partial charge in [0, 0.05) is 18.8 Å². The molecule has 2 aromatic carbocycles. The maximum absolute atomic E-state index is 2.40. The average molecular weight is 253 g/mol. The average Bonchev–Trinajstić information content (AvgIpc) is 2.45. The lowest BCUT2D eigenvalue weighted by Crippen LogP contribution is -2.21. The molecule has 0 aliphatic heterocycles. The van der Waals surface area contributed by atoms with E-state index < -0.39 is 0 Å². The summed E-state index contributed by atoms with van der Waals surface area (Å²) in [6.07, 6.45) is 1.02. The van der Waals surface area contributed by atoms with E-state index in [1.54, 1.807) is 0 Å². The minimum atomic E-state index is 1.02. The highest BCUT2D eigenvalue weighted by molar-refractivity contribution is 5.51. The van der Waals surface area contributed by atoms with Gasteiger partial charge in [-0.2, -0.15) is 0 Å². The molecule has 0 saturated carbocycles. The van der Waals surface area contributed by atoms with Crippen molar-refractivity contribution in [2.45, 2.75) is 27.2 Å². The van der Waals surface area contributed by atoms with E-state index in [1.165, 1.54) is 22.4 Å². The summed E-state index contributed by atoms with van der Waals surface area (Å²) in [7, 11) is 0. The van der Waals surface area contributed by atoms with E-state index in [1.807, 2.05) is 0 Å². The van der Waals surface area contributed by atoms with E-state index in [-0.39, 0.29) is 0 Å². The highest BCUT2D eigenvalue weighted by atomic mass is 15.1. The standard InChI is InChI=1S/C18H23N/c1-4-19(5-2)18-12-11-15(3)17(14-18)13-16-9-7-6-8-10-16/h6-12,14H,4-5,13H2,1-3H3. The predicted molar refractivity (Wildman–Crippen MR) is 84.0 cm³/mol. The van der Waals surface area contributed by atoms with Crippen molar-refractivity contribution in [3.8, 4) is 0 Å². The first-order chi connectivity index (χ1) is 9.24. The molecule has 0 heterocycles. The molecule has 0 bridgehead atoms. The van der Waals surface area contributed by atoms with Crippen LogP contribution in [-0.4, -0.2) is 13.1 Å². The molecular formula is C18H23N. The molecule has 0 N–H and O–H groups in total. The van der Waals surface area contributed by atoms with Gasteiger partial charge in [-0.1, -0.05) is 36.4 Å². The van der Waals surface area contributed by atoms with Crippen molar-refractivity contribution in [1.29, 1.82) is 0 Å². The summed E-state index contributed by atoms with van der Waals surface area (Å²) in [5, 5.41) is 0. The molecule has 2 aromatic rings. The third kappa shape index (κ3) is 3.37. The molecule has 0 unspecified atom stereocenters. The van der Waals surface area contributed by atoms with Gasteiger partial charge in [0.1, 0.15) is 0 Å². The SMILES string of the molecule is CCN(CC)c1ccc(C)c(Cc2ccccc2)c1. The maximum Gasteiger partial charge on any atom is 0.0369 e. The third-order valence-corrected chi connectivity index (χ3v) is 3.70. The van der Waals surface area contributed by atoms with Crippen molar-refractivity contribution in [1.82, 2.24) is 0 Å². The maximum atomic E-state index is 2.40. The molecule has 0 aliphatic rings. The summed E-state index contributed by atoms with van der Waals surface area (Å²) in [5.41, 5.74) is 5.51. The number of nitrogens with zero attached hydrogens (tertiary/aromatic N) is 1. The number of aryl methyl sites for hydroxylation is 1. The van der Waals surface area contributed by atoms with Crippen LogP contribution < -0.4 is 4.90 Å². The lowest BCUT2D eigenvalue weighted by atomic mass is 9.99. The number of anilines is 1. The Labute approximate surface area is 116 Å². The molecular weight excluding hydrogens is 230 g/mol. The molecule has 0 fully saturated rings. The highest BCUT2D eigenvalue weighted by Gasteiger charge is 2.06. The topological polar surface area (TPSA) is 3.24 Å². The second-order valence-corrected chi connectivity index (χ2v) is 4.95. The third-order valence-electron chi connectivity index (χ3n) is 3.70. The molecule has 100 valence electrons. The van der Waals surface area contributed by atoms with Crippen molar-refractivity contribution in [2.75, 3.05) is 18.0 Å². The van der Waals surface area contributed by atoms with Crippen molar-refractivity contribution in [3.63, 3.8) is 0 Å². The van der Waals surface area contributed by atoms with Crippen LogP contribution in [0.1, 0.15) is 30.5 Å². The van der Waals surface area contributed by atoms with Crippen molar-refractivity contribution < 1.29 is 0 Å². The van der Waals surface area contributed by atoms with Gasteiger partial charge in [-0.15, -0.1) is 0 Å². The molecule has 0 spiro atoms. The first-order valence-electron chi connectivity index (χ1n) is 7.13. The summed E-state index contributed by atoms with van der Waals surface area (Å²) in [6.45, 7) is 8.74. The van der Waals surface area contributed by atoms with Gasteiger partial charge in [0.2, 0.25) is 0 Å². The first-order valence-corrected chi connectivity index (χ1v) is 7.13. The van der Waals surface area contributed by atoms with E-state index >= 15 is 0 Å². The fraction of sp³-hybridized carbons (Fsp3) is 0.333. The van der Waals surface area contributed by atoms with Crippen LogP contribution in [0.25, 0.3) is 0 Å². The van der Waals surface area contributed by atoms with Gasteiger partial charge in [0.05, 0.1) is 0 Å². The number of benzene rings is 2. The Hall–Kier alpha value is -1.76. The number of rotatable bonds is 5. The van der Waals surface area contributed by atoms with Crippen molar-refractivity contribution in [2.24, 2.45) is 0 Å². The van der Waals surface area contributed by atoms with Gasteiger partial charge in [0.15, 0.2) is 0 Å². The zero-order valence-electron chi connectivity index (χ0n) is 12.2. The van der Waals surface area contributed by atoms with Gasteiger partial charge < -0.3 is 4.90 Å². The van der Waals surface area contributed by atoms with E-state index in [4.69, 9.17) is 0 Å². The number of hydrogen-bond acceptors (Lipinski definition) is 1. The Bertz CT molecular complexity index is 512. The van der Waals surface area contributed by atoms with Crippen LogP contribution in [0.15, 0.2) is 48.5 Å². The van der Waals surface area contributed by atoms with Gasteiger partial charge in [-0.3, -0.25) is 0 Å². The Morgan fingerprint density at radius 3 is 2.21 bits per heavy atom. The van der Waals surface area contributed by atoms with Crippen LogP contribution in [0, 0.1) is 6.92 Å². The van der Waals surface area contributed by atoms with Gasteiger partial charge in [0.25, 0.3) is 0 Å². The molecule has 1 heteroatoms. The van der Waals surface area contributed by atoms with Crippen molar-refractivity contribution in [3.05, 3.63) is 65.2 Å². The van der Waals surface area contributed by atoms with Crippen molar-refractivity contribution >= 4 is 5.69 Å². The quantitative estimate of drug-likeness (QED) is 0.762. The summed E-state index contributed by atoms with van der Waals surface area (Å²) in [5.74, 6) is 0. The molecule has 2 rings (SSSR count). The molecule has 0 aliphatic carbocycles. The molecule has 19 heavy (non-hydrogen) atoms. The fourth-order valence-electron chi connectivity index (χ4n) is 2.45. The van der Waals surface area contributed by atoms with E-state index in [0.29, 0.717) is 0 Å². The van der Waals surface area contributed by atoms with Gasteiger partial charge >= 0.3 is 0 Å². The minimum Gasteiger partial charge on any atom is -0.372 e. The Balaban J connectivity index is 2.27. The van der Waals surface area contributed by atoms with Crippen LogP contribution in [0.5, 0.6) is 0 Å². The summed E-state index contributed by atoms with van der Waals surface area (Å²) in [6, 6.07) is 17.5. The Morgan fingerprint density at radius 1 is 0.895 bits per heavy atom. The zero-order valence-corrected chi connectivity index (χ0v) is 12.2. The molecule has 0 aromatic heterocycles. The van der Waals surface area contributed by atoms with Gasteiger partial charge in [-0.05, 0) is 56.0 Å². The Kier molecular flexibility index (Phi) is 4.62. The second-order valence-electron chi connectivity index (χ2n) is 4.95. The zero-order chi connectivity index (χ0) is 13.7. The van der Waals surface area contributed by atoms with E-state index in [9.17, 15) is 0 Å². The van der Waals surface area contributed by atoms with Crippen LogP contribution >= 0.6 is 0 Å². The first kappa shape index (κ1) is 13.7. The lowest BCUT2D eigenvalue weighted by molar-refractivity contribution is 0.864. The summed E-state index contributed by atoms with van der Waals surface area (Å²) < 4.78 is 0. The predicted octanol–water partition coefficient (Wildman–Crippen LogP) is 4.43. The normalized spacial score (nSPS) is 10.5. The fourth-order valence-corrected chi connectivity index (χ4v) is 2.45. The highest BCUT2D eigenvalue weighted by Crippen LogP contribution is 2.21. The summed E-state index contributed by atoms with van der Waals surface area (Å²) in [4.78, 5) is 2.40. The monoisotopic (exact) mass is 253 g/mol. The van der Waals surface area contributed by atoms with E-state index in [0.717, 1.165) is 19.5 Å². The number of hydrogen-bond donors (Lipinski definition) is 0. The molecule has 0 atom stereocenters. The smallest absolute Gasteiger partial charge is 0.0369 e. The largest absolute Gasteiger partial charge is 0.372 e. The van der Waals surface area contributed by atoms with Crippen LogP contribution in [0.3, 0.4) is 0 Å². The van der Waals surface area contributed by atoms with Crippen LogP contribution in [0.2, 0.25) is 0 Å². The molecule has 0 amide bonds. The Morgan fingerprint density at radius 2 is 1.58 bits per heavy atom. The summed E-state index contributed by atoms with van der Waals surface area (Å²) >= 11 is 0. The second kappa shape index (κ2) is 6.42. The van der Waals surface area contributed by atoms with Crippen LogP contribution in [0.4, 0.5) is 5.69 Å². The van der Waals surface area contributed by atoms with Crippen LogP contribution in [-0.2, 0) is 6.42 Å². The lowest BCUT2D eigenvalue weighted by Gasteiger charge is -2.22. The molecule has 0 saturated heterocycles.